The van der Waals surface area contributed by atoms with Gasteiger partial charge in [-0.3, -0.25) is 4.79 Å². The maximum atomic E-state index is 12.0. The van der Waals surface area contributed by atoms with Gasteiger partial charge in [0.15, 0.2) is 17.3 Å². The van der Waals surface area contributed by atoms with E-state index in [4.69, 9.17) is 15.7 Å². The van der Waals surface area contributed by atoms with Crippen molar-refractivity contribution in [1.82, 2.24) is 9.97 Å². The van der Waals surface area contributed by atoms with E-state index in [1.807, 2.05) is 31.2 Å². The molecular weight excluding hydrogens is 356 g/mol. The average Bonchev–Trinajstić information content (AvgIpc) is 2.69. The molecule has 1 aromatic carbocycles. The number of anilines is 3. The molecule has 0 unspecified atom stereocenters. The van der Waals surface area contributed by atoms with E-state index in [0.29, 0.717) is 49.1 Å². The third kappa shape index (κ3) is 4.75. The van der Waals surface area contributed by atoms with Crippen LogP contribution in [0.2, 0.25) is 0 Å². The molecule has 1 saturated heterocycles. The van der Waals surface area contributed by atoms with E-state index in [1.54, 1.807) is 0 Å². The predicted molar refractivity (Wildman–Crippen MR) is 106 cm³/mol. The van der Waals surface area contributed by atoms with Gasteiger partial charge in [0.1, 0.15) is 0 Å². The van der Waals surface area contributed by atoms with E-state index in [-0.39, 0.29) is 11.7 Å². The molecule has 1 aliphatic rings. The average molecular weight is 380 g/mol. The van der Waals surface area contributed by atoms with E-state index in [1.165, 1.54) is 0 Å². The minimum Gasteiger partial charge on any atom is -0.381 e. The summed E-state index contributed by atoms with van der Waals surface area (Å²) in [7, 11) is 0. The fraction of sp³-hybridized carbons (Fsp3) is 0.400. The highest BCUT2D eigenvalue weighted by Crippen LogP contribution is 2.24. The molecule has 0 saturated carbocycles. The minimum atomic E-state index is -0.643. The molecule has 8 nitrogen and oxygen atoms in total. The van der Waals surface area contributed by atoms with Crippen molar-refractivity contribution in [2.45, 2.75) is 38.6 Å². The van der Waals surface area contributed by atoms with Crippen molar-refractivity contribution in [3.63, 3.8) is 0 Å². The molecule has 0 spiro atoms. The molecule has 0 atom stereocenters. The molecule has 4 N–H and O–H groups in total. The molecule has 3 rings (SSSR count). The lowest BCUT2D eigenvalue weighted by Crippen LogP contribution is -2.29. The van der Waals surface area contributed by atoms with Crippen molar-refractivity contribution in [3.8, 4) is 6.07 Å². The lowest BCUT2D eigenvalue weighted by atomic mass is 10.1. The number of carbonyl (C=O) groups excluding carboxylic acids is 1. The van der Waals surface area contributed by atoms with Gasteiger partial charge in [0.05, 0.1) is 18.2 Å². The monoisotopic (exact) mass is 380 g/mol. The largest absolute Gasteiger partial charge is 0.381 e. The Kier molecular flexibility index (Phi) is 6.40. The van der Waals surface area contributed by atoms with Gasteiger partial charge in [0, 0.05) is 24.9 Å². The number of hydrogen-bond donors (Lipinski definition) is 3. The third-order valence-corrected chi connectivity index (χ3v) is 4.57. The van der Waals surface area contributed by atoms with Crippen LogP contribution in [0.25, 0.3) is 0 Å². The highest BCUT2D eigenvalue weighted by molar-refractivity contribution is 5.96. The van der Waals surface area contributed by atoms with E-state index < -0.39 is 5.91 Å². The molecule has 28 heavy (non-hydrogen) atoms. The number of nitriles is 1. The number of aromatic nitrogens is 2. The normalized spacial score (nSPS) is 14.3. The van der Waals surface area contributed by atoms with Crippen LogP contribution in [0.5, 0.6) is 0 Å². The molecule has 0 aliphatic carbocycles. The summed E-state index contributed by atoms with van der Waals surface area (Å²) in [5, 5.41) is 15.5. The molecule has 1 amide bonds. The Morgan fingerprint density at radius 2 is 2.11 bits per heavy atom. The SMILES string of the molecule is CCc1nc(C(N)=O)c(Nc2cccc(CC#N)c2)nc1NC1CCOCC1. The summed E-state index contributed by atoms with van der Waals surface area (Å²) in [4.78, 5) is 21.1. The quantitative estimate of drug-likeness (QED) is 0.674. The first-order chi connectivity index (χ1) is 13.6. The maximum Gasteiger partial charge on any atom is 0.271 e. The van der Waals surface area contributed by atoms with Gasteiger partial charge in [0.25, 0.3) is 5.91 Å². The second-order valence-corrected chi connectivity index (χ2v) is 6.63. The number of rotatable bonds is 7. The summed E-state index contributed by atoms with van der Waals surface area (Å²) in [5.41, 5.74) is 7.92. The molecule has 2 aromatic rings. The van der Waals surface area contributed by atoms with Gasteiger partial charge in [-0.25, -0.2) is 9.97 Å². The van der Waals surface area contributed by atoms with Gasteiger partial charge in [-0.05, 0) is 37.0 Å². The zero-order chi connectivity index (χ0) is 19.9. The van der Waals surface area contributed by atoms with Crippen LogP contribution in [0.3, 0.4) is 0 Å². The van der Waals surface area contributed by atoms with Crippen LogP contribution < -0.4 is 16.4 Å². The first-order valence-corrected chi connectivity index (χ1v) is 9.38. The van der Waals surface area contributed by atoms with Gasteiger partial charge in [0.2, 0.25) is 0 Å². The number of benzene rings is 1. The molecule has 2 heterocycles. The summed E-state index contributed by atoms with van der Waals surface area (Å²) >= 11 is 0. The molecule has 8 heteroatoms. The lowest BCUT2D eigenvalue weighted by Gasteiger charge is -2.25. The minimum absolute atomic E-state index is 0.0973. The van der Waals surface area contributed by atoms with Gasteiger partial charge >= 0.3 is 0 Å². The summed E-state index contributed by atoms with van der Waals surface area (Å²) in [6, 6.07) is 9.77. The molecule has 146 valence electrons. The smallest absolute Gasteiger partial charge is 0.271 e. The highest BCUT2D eigenvalue weighted by atomic mass is 16.5. The predicted octanol–water partition coefficient (Wildman–Crippen LogP) is 2.54. The van der Waals surface area contributed by atoms with Crippen LogP contribution in [0, 0.1) is 11.3 Å². The maximum absolute atomic E-state index is 12.0. The second-order valence-electron chi connectivity index (χ2n) is 6.63. The highest BCUT2D eigenvalue weighted by Gasteiger charge is 2.20. The first-order valence-electron chi connectivity index (χ1n) is 9.38. The van der Waals surface area contributed by atoms with Gasteiger partial charge in [-0.15, -0.1) is 0 Å². The topological polar surface area (TPSA) is 126 Å². The number of carbonyl (C=O) groups is 1. The Bertz CT molecular complexity index is 887. The van der Waals surface area contributed by atoms with Crippen molar-refractivity contribution in [2.24, 2.45) is 5.73 Å². The molecule has 0 bridgehead atoms. The Hall–Kier alpha value is -3.18. The van der Waals surface area contributed by atoms with Crippen LogP contribution >= 0.6 is 0 Å². The number of nitrogens with two attached hydrogens (primary N) is 1. The van der Waals surface area contributed by atoms with E-state index in [0.717, 1.165) is 18.4 Å². The fourth-order valence-corrected chi connectivity index (χ4v) is 3.11. The summed E-state index contributed by atoms with van der Waals surface area (Å²) in [6.45, 7) is 3.38. The third-order valence-electron chi connectivity index (χ3n) is 4.57. The van der Waals surface area contributed by atoms with E-state index in [2.05, 4.69) is 26.7 Å². The number of amides is 1. The number of primary amides is 1. The first kappa shape index (κ1) is 19.6. The van der Waals surface area contributed by atoms with Crippen LogP contribution in [0.15, 0.2) is 24.3 Å². The number of hydrogen-bond acceptors (Lipinski definition) is 7. The van der Waals surface area contributed by atoms with Crippen LogP contribution in [-0.4, -0.2) is 35.1 Å². The molecular formula is C20H24N6O2. The zero-order valence-corrected chi connectivity index (χ0v) is 15.9. The van der Waals surface area contributed by atoms with Crippen molar-refractivity contribution in [2.75, 3.05) is 23.8 Å². The van der Waals surface area contributed by atoms with Crippen LogP contribution in [0.1, 0.15) is 41.5 Å². The van der Waals surface area contributed by atoms with Crippen molar-refractivity contribution >= 4 is 23.2 Å². The Morgan fingerprint density at radius 1 is 1.32 bits per heavy atom. The lowest BCUT2D eigenvalue weighted by molar-refractivity contribution is 0.0903. The Morgan fingerprint density at radius 3 is 2.79 bits per heavy atom. The number of ether oxygens (including phenoxy) is 1. The van der Waals surface area contributed by atoms with Gasteiger partial charge in [-0.1, -0.05) is 19.1 Å². The Labute approximate surface area is 164 Å². The van der Waals surface area contributed by atoms with Gasteiger partial charge < -0.3 is 21.1 Å². The van der Waals surface area contributed by atoms with Crippen LogP contribution in [-0.2, 0) is 17.6 Å². The van der Waals surface area contributed by atoms with Crippen LogP contribution in [0.4, 0.5) is 17.3 Å². The summed E-state index contributed by atoms with van der Waals surface area (Å²) < 4.78 is 5.41. The summed E-state index contributed by atoms with van der Waals surface area (Å²) in [5.74, 6) is 0.305. The van der Waals surface area contributed by atoms with Crippen molar-refractivity contribution in [1.29, 1.82) is 5.26 Å². The molecule has 1 aromatic heterocycles. The number of aryl methyl sites for hydroxylation is 1. The number of nitrogens with one attached hydrogen (secondary N) is 2. The standard InChI is InChI=1S/C20H24N6O2/c1-2-16-19(23-14-7-10-28-11-8-14)26-20(17(25-16)18(22)27)24-15-5-3-4-13(12-15)6-9-21/h3-5,12,14H,2,6-8,10-11H2,1H3,(H2,22,27)(H2,23,24,26). The second kappa shape index (κ2) is 9.15. The molecule has 0 radical (unpaired) electrons. The van der Waals surface area contributed by atoms with E-state index in [9.17, 15) is 4.79 Å². The van der Waals surface area contributed by atoms with Crippen molar-refractivity contribution < 1.29 is 9.53 Å². The van der Waals surface area contributed by atoms with Crippen molar-refractivity contribution in [3.05, 3.63) is 41.2 Å². The summed E-state index contributed by atoms with van der Waals surface area (Å²) in [6.07, 6.45) is 2.70. The fourth-order valence-electron chi connectivity index (χ4n) is 3.11. The van der Waals surface area contributed by atoms with E-state index >= 15 is 0 Å². The molecule has 1 aliphatic heterocycles. The Balaban J connectivity index is 1.93. The zero-order valence-electron chi connectivity index (χ0n) is 15.9. The number of nitrogens with zero attached hydrogens (tertiary/aromatic N) is 3. The molecule has 1 fully saturated rings. The van der Waals surface area contributed by atoms with Gasteiger partial charge in [-0.2, -0.15) is 5.26 Å².